The molecule has 3 aromatic rings. The molecule has 3 aliphatic carbocycles. The maximum absolute atomic E-state index is 15.0. The van der Waals surface area contributed by atoms with E-state index in [0.29, 0.717) is 12.2 Å². The number of ether oxygens (including phenoxy) is 1. The number of allylic oxidation sites excluding steroid dienone is 2. The molecule has 0 amide bonds. The second-order valence-corrected chi connectivity index (χ2v) is 12.5. The zero-order valence-corrected chi connectivity index (χ0v) is 23.1. The molecule has 0 radical (unpaired) electrons. The maximum Gasteiger partial charge on any atom is 0.307 e. The molecular weight excluding hydrogens is 487 g/mol. The fourth-order valence-electron chi connectivity index (χ4n) is 7.03. The summed E-state index contributed by atoms with van der Waals surface area (Å²) in [5.41, 5.74) is 8.19. The number of hydrogen-bond acceptors (Lipinski definition) is 2. The van der Waals surface area contributed by atoms with Crippen LogP contribution in [0.1, 0.15) is 80.2 Å². The van der Waals surface area contributed by atoms with Crippen LogP contribution in [0.15, 0.2) is 60.7 Å². The summed E-state index contributed by atoms with van der Waals surface area (Å²) in [6.07, 6.45) is 9.23. The molecule has 202 valence electrons. The Morgan fingerprint density at radius 3 is 2.59 bits per heavy atom. The van der Waals surface area contributed by atoms with Crippen molar-refractivity contribution in [3.8, 4) is 16.9 Å². The molecule has 3 aromatic carbocycles. The second kappa shape index (κ2) is 9.66. The van der Waals surface area contributed by atoms with Crippen molar-refractivity contribution >= 4 is 11.5 Å². The van der Waals surface area contributed by atoms with Crippen LogP contribution in [0.25, 0.3) is 16.7 Å². The largest absolute Gasteiger partial charge is 0.489 e. The van der Waals surface area contributed by atoms with Gasteiger partial charge in [-0.25, -0.2) is 4.39 Å². The Hall–Kier alpha value is -3.40. The number of carbonyl (C=O) groups is 1. The monoisotopic (exact) mass is 524 g/mol. The van der Waals surface area contributed by atoms with Gasteiger partial charge in [0.25, 0.3) is 0 Å². The van der Waals surface area contributed by atoms with Crippen LogP contribution < -0.4 is 4.74 Å². The number of aryl methyl sites for hydroxylation is 2. The zero-order chi connectivity index (χ0) is 27.4. The lowest BCUT2D eigenvalue weighted by Crippen LogP contribution is -2.16. The molecule has 0 bridgehead atoms. The number of carboxylic acids is 1. The van der Waals surface area contributed by atoms with Crippen LogP contribution in [0.5, 0.6) is 5.75 Å². The Bertz CT molecular complexity index is 1480. The van der Waals surface area contributed by atoms with Crippen molar-refractivity contribution in [2.24, 2.45) is 11.3 Å². The molecule has 0 aromatic heterocycles. The van der Waals surface area contributed by atoms with Crippen LogP contribution >= 0.6 is 0 Å². The van der Waals surface area contributed by atoms with Gasteiger partial charge in [-0.05, 0) is 115 Å². The Balaban J connectivity index is 1.32. The summed E-state index contributed by atoms with van der Waals surface area (Å²) < 4.78 is 21.3. The van der Waals surface area contributed by atoms with Gasteiger partial charge in [0.05, 0.1) is 5.92 Å². The third kappa shape index (κ3) is 4.68. The molecule has 1 saturated carbocycles. The quantitative estimate of drug-likeness (QED) is 0.351. The highest BCUT2D eigenvalue weighted by Gasteiger charge is 2.60. The van der Waals surface area contributed by atoms with Crippen molar-refractivity contribution in [3.05, 3.63) is 94.3 Å². The number of fused-ring (bicyclic) bond motifs is 2. The van der Waals surface area contributed by atoms with E-state index in [4.69, 9.17) is 4.74 Å². The first kappa shape index (κ1) is 25.9. The fourth-order valence-corrected chi connectivity index (χ4v) is 7.03. The van der Waals surface area contributed by atoms with Gasteiger partial charge in [0, 0.05) is 11.0 Å². The topological polar surface area (TPSA) is 46.5 Å². The van der Waals surface area contributed by atoms with E-state index < -0.39 is 5.97 Å². The highest BCUT2D eigenvalue weighted by Crippen LogP contribution is 2.60. The summed E-state index contributed by atoms with van der Waals surface area (Å²) in [6, 6.07) is 17.8. The normalized spacial score (nSPS) is 23.2. The minimum absolute atomic E-state index is 0.0186. The number of aliphatic carboxylic acids is 1. The molecule has 3 nitrogen and oxygen atoms in total. The SMILES string of the molecule is Cc1ccc(F)c(-c2ccc(COc3ccc4c(c3)[C@@]3(CCCC4)C[C@H]3C(=O)O)cc2C2=CCCC2(C)C)c1. The van der Waals surface area contributed by atoms with Crippen molar-refractivity contribution in [1.82, 2.24) is 0 Å². The van der Waals surface area contributed by atoms with Gasteiger partial charge in [-0.15, -0.1) is 0 Å². The van der Waals surface area contributed by atoms with E-state index >= 15 is 4.39 Å². The maximum atomic E-state index is 15.0. The van der Waals surface area contributed by atoms with Crippen molar-refractivity contribution < 1.29 is 19.0 Å². The van der Waals surface area contributed by atoms with E-state index in [-0.39, 0.29) is 22.6 Å². The van der Waals surface area contributed by atoms with Gasteiger partial charge < -0.3 is 9.84 Å². The highest BCUT2D eigenvalue weighted by molar-refractivity contribution is 5.85. The van der Waals surface area contributed by atoms with Crippen LogP contribution in [-0.2, 0) is 23.2 Å². The molecule has 1 fully saturated rings. The van der Waals surface area contributed by atoms with Gasteiger partial charge in [0.2, 0.25) is 0 Å². The van der Waals surface area contributed by atoms with Gasteiger partial charge in [0.15, 0.2) is 0 Å². The second-order valence-electron chi connectivity index (χ2n) is 12.5. The van der Waals surface area contributed by atoms with Gasteiger partial charge in [-0.3, -0.25) is 4.79 Å². The number of benzene rings is 3. The Labute approximate surface area is 230 Å². The lowest BCUT2D eigenvalue weighted by atomic mass is 9.79. The first-order chi connectivity index (χ1) is 18.7. The number of rotatable bonds is 6. The van der Waals surface area contributed by atoms with Gasteiger partial charge in [-0.1, -0.05) is 56.2 Å². The zero-order valence-electron chi connectivity index (χ0n) is 23.1. The number of hydrogen-bond donors (Lipinski definition) is 1. The molecule has 39 heavy (non-hydrogen) atoms. The van der Waals surface area contributed by atoms with E-state index in [1.807, 2.05) is 37.3 Å². The van der Waals surface area contributed by atoms with E-state index in [9.17, 15) is 9.90 Å². The molecule has 0 heterocycles. The molecule has 2 atom stereocenters. The highest BCUT2D eigenvalue weighted by atomic mass is 19.1. The Morgan fingerprint density at radius 1 is 1.00 bits per heavy atom. The van der Waals surface area contributed by atoms with E-state index in [0.717, 1.165) is 72.9 Å². The third-order valence-corrected chi connectivity index (χ3v) is 9.35. The molecule has 1 N–H and O–H groups in total. The lowest BCUT2D eigenvalue weighted by Gasteiger charge is -2.25. The van der Waals surface area contributed by atoms with Crippen molar-refractivity contribution in [3.63, 3.8) is 0 Å². The van der Waals surface area contributed by atoms with Crippen molar-refractivity contribution in [2.75, 3.05) is 0 Å². The molecule has 4 heteroatoms. The number of carboxylic acid groups (broad SMARTS) is 1. The van der Waals surface area contributed by atoms with E-state index in [1.165, 1.54) is 16.7 Å². The Kier molecular flexibility index (Phi) is 6.40. The average molecular weight is 525 g/mol. The molecule has 0 aliphatic heterocycles. The van der Waals surface area contributed by atoms with E-state index in [2.05, 4.69) is 38.1 Å². The molecule has 0 unspecified atom stereocenters. The standard InChI is InChI=1S/C35H37FO3/c1-22-9-14-32(36)28(17-22)26-13-10-23(18-27(26)29-8-6-15-34(29,2)3)21-39-25-12-11-24-7-4-5-16-35(30(24)19-25)20-31(35)33(37)38/h8-14,17-19,31H,4-7,15-16,20-21H2,1-3H3,(H,37,38)/t31-,35+/m0/s1. The molecule has 0 saturated heterocycles. The van der Waals surface area contributed by atoms with Crippen LogP contribution in [0.3, 0.4) is 0 Å². The van der Waals surface area contributed by atoms with Crippen LogP contribution in [0.2, 0.25) is 0 Å². The minimum Gasteiger partial charge on any atom is -0.489 e. The van der Waals surface area contributed by atoms with Crippen molar-refractivity contribution in [1.29, 1.82) is 0 Å². The van der Waals surface area contributed by atoms with Crippen LogP contribution in [-0.4, -0.2) is 11.1 Å². The molecule has 1 spiro atoms. The molecular formula is C35H37FO3. The average Bonchev–Trinajstić information content (AvgIpc) is 3.59. The minimum atomic E-state index is -0.684. The predicted molar refractivity (Wildman–Crippen MR) is 153 cm³/mol. The number of halogens is 1. The summed E-state index contributed by atoms with van der Waals surface area (Å²) in [7, 11) is 0. The third-order valence-electron chi connectivity index (χ3n) is 9.35. The van der Waals surface area contributed by atoms with Crippen molar-refractivity contribution in [2.45, 2.75) is 77.7 Å². The molecule has 3 aliphatic rings. The predicted octanol–water partition coefficient (Wildman–Crippen LogP) is 8.65. The van der Waals surface area contributed by atoms with E-state index in [1.54, 1.807) is 6.07 Å². The first-order valence-electron chi connectivity index (χ1n) is 14.3. The van der Waals surface area contributed by atoms with Crippen LogP contribution in [0, 0.1) is 24.1 Å². The molecule has 6 rings (SSSR count). The summed E-state index contributed by atoms with van der Waals surface area (Å²) in [6.45, 7) is 6.92. The summed E-state index contributed by atoms with van der Waals surface area (Å²) >= 11 is 0. The van der Waals surface area contributed by atoms with Gasteiger partial charge >= 0.3 is 5.97 Å². The van der Waals surface area contributed by atoms with Crippen LogP contribution in [0.4, 0.5) is 4.39 Å². The van der Waals surface area contributed by atoms with Gasteiger partial charge in [-0.2, -0.15) is 0 Å². The first-order valence-corrected chi connectivity index (χ1v) is 14.3. The fraction of sp³-hybridized carbons (Fsp3) is 0.400. The van der Waals surface area contributed by atoms with Gasteiger partial charge in [0.1, 0.15) is 18.2 Å². The summed E-state index contributed by atoms with van der Waals surface area (Å²) in [5.74, 6) is -0.400. The summed E-state index contributed by atoms with van der Waals surface area (Å²) in [4.78, 5) is 11.8. The Morgan fingerprint density at radius 2 is 1.85 bits per heavy atom. The smallest absolute Gasteiger partial charge is 0.307 e. The lowest BCUT2D eigenvalue weighted by molar-refractivity contribution is -0.139. The summed E-state index contributed by atoms with van der Waals surface area (Å²) in [5, 5.41) is 9.74.